The van der Waals surface area contributed by atoms with Crippen molar-refractivity contribution in [2.24, 2.45) is 0 Å². The number of halogens is 4. The van der Waals surface area contributed by atoms with Crippen molar-refractivity contribution in [3.63, 3.8) is 0 Å². The number of hydrogen-bond donors (Lipinski definition) is 0. The molecule has 8 nitrogen and oxygen atoms in total. The molecule has 2 fully saturated rings. The zero-order chi connectivity index (χ0) is 25.6. The number of nitrogens with zero attached hydrogens (tertiary/aromatic N) is 3. The first-order chi connectivity index (χ1) is 16.3. The average Bonchev–Trinajstić information content (AvgIpc) is 3.17. The summed E-state index contributed by atoms with van der Waals surface area (Å²) in [6.07, 6.45) is -4.27. The van der Waals surface area contributed by atoms with Crippen LogP contribution in [0.15, 0.2) is 47.4 Å². The molecular weight excluding hydrogens is 531 g/mol. The van der Waals surface area contributed by atoms with E-state index < -0.39 is 41.7 Å². The van der Waals surface area contributed by atoms with Crippen molar-refractivity contribution in [2.75, 3.05) is 42.8 Å². The quantitative estimate of drug-likeness (QED) is 0.582. The van der Waals surface area contributed by atoms with Gasteiger partial charge in [-0.15, -0.1) is 0 Å². The molecule has 2 aromatic rings. The third-order valence-electron chi connectivity index (χ3n) is 5.91. The molecule has 190 valence electrons. The van der Waals surface area contributed by atoms with Crippen molar-refractivity contribution in [3.8, 4) is 0 Å². The standard InChI is InChI=1S/C21H21ClF3N3O5S2/c22-19-7-6-17(14-18(19)21(23,24)25)35(32,33)27-11-9-26(10-12-27)20(29)15-2-4-16(5-3-15)28-8-1-13-34(28,30)31/h2-7,14H,1,8-13H2. The van der Waals surface area contributed by atoms with Crippen LogP contribution in [0.4, 0.5) is 18.9 Å². The molecule has 2 aliphatic rings. The molecule has 14 heteroatoms. The molecule has 0 bridgehead atoms. The molecule has 1 amide bonds. The van der Waals surface area contributed by atoms with Crippen molar-refractivity contribution >= 4 is 43.2 Å². The van der Waals surface area contributed by atoms with Gasteiger partial charge >= 0.3 is 6.18 Å². The molecule has 0 aliphatic carbocycles. The number of carbonyl (C=O) groups is 1. The highest BCUT2D eigenvalue weighted by atomic mass is 35.5. The zero-order valence-corrected chi connectivity index (χ0v) is 20.6. The summed E-state index contributed by atoms with van der Waals surface area (Å²) < 4.78 is 91.7. The number of rotatable bonds is 4. The van der Waals surface area contributed by atoms with Gasteiger partial charge in [0.1, 0.15) is 0 Å². The second kappa shape index (κ2) is 9.26. The lowest BCUT2D eigenvalue weighted by molar-refractivity contribution is -0.137. The Morgan fingerprint density at radius 2 is 1.57 bits per heavy atom. The first-order valence-corrected chi connectivity index (χ1v) is 14.0. The number of anilines is 1. The van der Waals surface area contributed by atoms with Crippen LogP contribution in [0.2, 0.25) is 5.02 Å². The van der Waals surface area contributed by atoms with Crippen molar-refractivity contribution in [2.45, 2.75) is 17.5 Å². The molecule has 35 heavy (non-hydrogen) atoms. The van der Waals surface area contributed by atoms with Crippen molar-refractivity contribution in [1.82, 2.24) is 9.21 Å². The van der Waals surface area contributed by atoms with Gasteiger partial charge < -0.3 is 4.90 Å². The molecule has 2 aliphatic heterocycles. The summed E-state index contributed by atoms with van der Waals surface area (Å²) in [5.41, 5.74) is -0.454. The van der Waals surface area contributed by atoms with E-state index in [9.17, 15) is 34.8 Å². The van der Waals surface area contributed by atoms with E-state index in [0.29, 0.717) is 30.3 Å². The van der Waals surface area contributed by atoms with Gasteiger partial charge in [0.05, 0.1) is 26.9 Å². The van der Waals surface area contributed by atoms with Crippen LogP contribution >= 0.6 is 11.6 Å². The van der Waals surface area contributed by atoms with Gasteiger partial charge in [0.15, 0.2) is 0 Å². The molecular formula is C21H21ClF3N3O5S2. The van der Waals surface area contributed by atoms with Gasteiger partial charge in [-0.05, 0) is 48.9 Å². The van der Waals surface area contributed by atoms with E-state index in [2.05, 4.69) is 0 Å². The SMILES string of the molecule is O=C(c1ccc(N2CCCS2(=O)=O)cc1)N1CCN(S(=O)(=O)c2ccc(Cl)c(C(F)(F)F)c2)CC1. The third-order valence-corrected chi connectivity index (χ3v) is 10.0. The van der Waals surface area contributed by atoms with Gasteiger partial charge in [-0.3, -0.25) is 9.10 Å². The van der Waals surface area contributed by atoms with Crippen LogP contribution in [0.5, 0.6) is 0 Å². The Bertz CT molecular complexity index is 1340. The minimum atomic E-state index is -4.80. The lowest BCUT2D eigenvalue weighted by Crippen LogP contribution is -2.50. The molecule has 4 rings (SSSR count). The average molecular weight is 552 g/mol. The van der Waals surface area contributed by atoms with E-state index in [-0.39, 0.29) is 37.8 Å². The maximum Gasteiger partial charge on any atom is 0.417 e. The number of carbonyl (C=O) groups excluding carboxylic acids is 1. The molecule has 0 unspecified atom stereocenters. The van der Waals surface area contributed by atoms with Crippen LogP contribution in [0.3, 0.4) is 0 Å². The summed E-state index contributed by atoms with van der Waals surface area (Å²) in [5, 5.41) is -0.597. The molecule has 0 aromatic heterocycles. The molecule has 0 N–H and O–H groups in total. The number of sulfonamides is 2. The maximum atomic E-state index is 13.1. The van der Waals surface area contributed by atoms with E-state index in [1.165, 1.54) is 21.3 Å². The van der Waals surface area contributed by atoms with Gasteiger partial charge in [0.2, 0.25) is 20.0 Å². The fourth-order valence-electron chi connectivity index (χ4n) is 4.05. The van der Waals surface area contributed by atoms with E-state index in [1.54, 1.807) is 12.1 Å². The first-order valence-electron chi connectivity index (χ1n) is 10.6. The normalized spacial score (nSPS) is 19.2. The Balaban J connectivity index is 1.43. The van der Waals surface area contributed by atoms with Crippen LogP contribution in [-0.2, 0) is 26.2 Å². The van der Waals surface area contributed by atoms with Crippen molar-refractivity contribution in [1.29, 1.82) is 0 Å². The van der Waals surface area contributed by atoms with Crippen LogP contribution < -0.4 is 4.31 Å². The highest BCUT2D eigenvalue weighted by Gasteiger charge is 2.36. The number of piperazine rings is 1. The number of benzene rings is 2. The van der Waals surface area contributed by atoms with Gasteiger partial charge in [-0.2, -0.15) is 17.5 Å². The smallest absolute Gasteiger partial charge is 0.336 e. The number of hydrogen-bond acceptors (Lipinski definition) is 5. The van der Waals surface area contributed by atoms with Crippen LogP contribution in [0, 0.1) is 0 Å². The molecule has 2 aromatic carbocycles. The fraction of sp³-hybridized carbons (Fsp3) is 0.381. The lowest BCUT2D eigenvalue weighted by atomic mass is 10.1. The minimum absolute atomic E-state index is 0.0417. The van der Waals surface area contributed by atoms with Crippen LogP contribution in [0.25, 0.3) is 0 Å². The Kier molecular flexibility index (Phi) is 6.81. The maximum absolute atomic E-state index is 13.1. The monoisotopic (exact) mass is 551 g/mol. The van der Waals surface area contributed by atoms with E-state index in [1.807, 2.05) is 0 Å². The van der Waals surface area contributed by atoms with E-state index in [4.69, 9.17) is 11.6 Å². The van der Waals surface area contributed by atoms with E-state index in [0.717, 1.165) is 16.4 Å². The predicted octanol–water partition coefficient (Wildman–Crippen LogP) is 3.05. The largest absolute Gasteiger partial charge is 0.417 e. The highest BCUT2D eigenvalue weighted by Crippen LogP contribution is 2.36. The van der Waals surface area contributed by atoms with Crippen LogP contribution in [0.1, 0.15) is 22.3 Å². The summed E-state index contributed by atoms with van der Waals surface area (Å²) in [4.78, 5) is 13.8. The van der Waals surface area contributed by atoms with Gasteiger partial charge in [0.25, 0.3) is 5.91 Å². The Labute approximate surface area is 206 Å². The highest BCUT2D eigenvalue weighted by molar-refractivity contribution is 7.93. The van der Waals surface area contributed by atoms with E-state index >= 15 is 0 Å². The Morgan fingerprint density at radius 3 is 2.11 bits per heavy atom. The van der Waals surface area contributed by atoms with Crippen molar-refractivity contribution in [3.05, 3.63) is 58.6 Å². The summed E-state index contributed by atoms with van der Waals surface area (Å²) >= 11 is 5.58. The van der Waals surface area contributed by atoms with Crippen molar-refractivity contribution < 1.29 is 34.8 Å². The van der Waals surface area contributed by atoms with Gasteiger partial charge in [-0.25, -0.2) is 16.8 Å². The molecule has 0 atom stereocenters. The molecule has 0 saturated carbocycles. The molecule has 0 radical (unpaired) electrons. The van der Waals surface area contributed by atoms with Crippen LogP contribution in [-0.4, -0.2) is 70.4 Å². The fourth-order valence-corrected chi connectivity index (χ4v) is 7.28. The second-order valence-corrected chi connectivity index (χ2v) is 12.5. The Hall–Kier alpha value is -2.35. The van der Waals surface area contributed by atoms with Gasteiger partial charge in [-0.1, -0.05) is 11.6 Å². The zero-order valence-electron chi connectivity index (χ0n) is 18.2. The van der Waals surface area contributed by atoms with Gasteiger partial charge in [0, 0.05) is 38.3 Å². The topological polar surface area (TPSA) is 95.1 Å². The summed E-state index contributed by atoms with van der Waals surface area (Å²) in [5.74, 6) is -0.280. The molecule has 0 spiro atoms. The third kappa shape index (κ3) is 5.13. The minimum Gasteiger partial charge on any atom is -0.336 e. The summed E-state index contributed by atoms with van der Waals surface area (Å²) in [7, 11) is -7.57. The molecule has 2 heterocycles. The second-order valence-electron chi connectivity index (χ2n) is 8.12. The Morgan fingerprint density at radius 1 is 0.943 bits per heavy atom. The summed E-state index contributed by atoms with van der Waals surface area (Å²) in [6.45, 7) is 0.272. The predicted molar refractivity (Wildman–Crippen MR) is 123 cm³/mol. The summed E-state index contributed by atoms with van der Waals surface area (Å²) in [6, 6.07) is 8.56. The lowest BCUT2D eigenvalue weighted by Gasteiger charge is -2.34. The number of amides is 1. The number of alkyl halides is 3. The first kappa shape index (κ1) is 25.7. The molecule has 2 saturated heterocycles.